The second-order valence-corrected chi connectivity index (χ2v) is 3.84. The third-order valence-electron chi connectivity index (χ3n) is 2.18. The van der Waals surface area contributed by atoms with Crippen LogP contribution >= 0.6 is 11.6 Å². The van der Waals surface area contributed by atoms with Gasteiger partial charge in [-0.3, -0.25) is 9.69 Å². The summed E-state index contributed by atoms with van der Waals surface area (Å²) in [6.07, 6.45) is 3.34. The van der Waals surface area contributed by atoms with Gasteiger partial charge in [0.1, 0.15) is 0 Å². The van der Waals surface area contributed by atoms with Crippen molar-refractivity contribution in [2.45, 2.75) is 11.8 Å². The van der Waals surface area contributed by atoms with Crippen molar-refractivity contribution in [1.82, 2.24) is 9.97 Å². The number of hydrogen-bond acceptors (Lipinski definition) is 4. The van der Waals surface area contributed by atoms with E-state index in [0.29, 0.717) is 24.7 Å². The van der Waals surface area contributed by atoms with Crippen LogP contribution in [0.3, 0.4) is 0 Å². The maximum atomic E-state index is 11.5. The van der Waals surface area contributed by atoms with Crippen LogP contribution in [-0.4, -0.2) is 34.9 Å². The van der Waals surface area contributed by atoms with Gasteiger partial charge in [-0.15, -0.1) is 11.6 Å². The molecular formula is C9H10ClN3O2. The van der Waals surface area contributed by atoms with Crippen LogP contribution in [0.15, 0.2) is 12.4 Å². The summed E-state index contributed by atoms with van der Waals surface area (Å²) in [4.78, 5) is 21.1. The number of aromatic nitrogens is 2. The molecule has 15 heavy (non-hydrogen) atoms. The SMILES string of the molecule is COc1cnc(N2CC(Cl)CC2=O)cn1. The van der Waals surface area contributed by atoms with Crippen molar-refractivity contribution in [2.24, 2.45) is 0 Å². The Morgan fingerprint density at radius 3 is 2.80 bits per heavy atom. The summed E-state index contributed by atoms with van der Waals surface area (Å²) in [5.74, 6) is 0.922. The second kappa shape index (κ2) is 4.02. The molecule has 5 nitrogen and oxygen atoms in total. The van der Waals surface area contributed by atoms with E-state index in [4.69, 9.17) is 16.3 Å². The molecule has 1 amide bonds. The molecule has 0 N–H and O–H groups in total. The minimum atomic E-state index is -0.138. The number of carbonyl (C=O) groups is 1. The summed E-state index contributed by atoms with van der Waals surface area (Å²) in [6, 6.07) is 0. The van der Waals surface area contributed by atoms with E-state index in [2.05, 4.69) is 9.97 Å². The van der Waals surface area contributed by atoms with Crippen LogP contribution in [0.2, 0.25) is 0 Å². The normalized spacial score (nSPS) is 20.8. The molecule has 1 aromatic rings. The molecule has 1 saturated heterocycles. The lowest BCUT2D eigenvalue weighted by molar-refractivity contribution is -0.117. The van der Waals surface area contributed by atoms with E-state index in [1.54, 1.807) is 0 Å². The number of hydrogen-bond donors (Lipinski definition) is 0. The lowest BCUT2D eigenvalue weighted by Crippen LogP contribution is -2.25. The number of anilines is 1. The van der Waals surface area contributed by atoms with Crippen LogP contribution in [0.1, 0.15) is 6.42 Å². The summed E-state index contributed by atoms with van der Waals surface area (Å²) >= 11 is 5.87. The molecule has 0 aromatic carbocycles. The third kappa shape index (κ3) is 2.02. The Hall–Kier alpha value is -1.36. The molecule has 1 aliphatic rings. The fourth-order valence-electron chi connectivity index (χ4n) is 1.44. The number of methoxy groups -OCH3 is 1. The molecule has 0 saturated carbocycles. The van der Waals surface area contributed by atoms with Crippen molar-refractivity contribution in [3.63, 3.8) is 0 Å². The van der Waals surface area contributed by atoms with Gasteiger partial charge in [-0.1, -0.05) is 0 Å². The van der Waals surface area contributed by atoms with E-state index in [-0.39, 0.29) is 11.3 Å². The van der Waals surface area contributed by atoms with Crippen LogP contribution in [0.4, 0.5) is 5.82 Å². The van der Waals surface area contributed by atoms with E-state index in [1.165, 1.54) is 24.4 Å². The maximum Gasteiger partial charge on any atom is 0.232 e. The van der Waals surface area contributed by atoms with E-state index >= 15 is 0 Å². The van der Waals surface area contributed by atoms with Crippen LogP contribution in [-0.2, 0) is 4.79 Å². The fraction of sp³-hybridized carbons (Fsp3) is 0.444. The molecule has 80 valence electrons. The Morgan fingerprint density at radius 2 is 2.33 bits per heavy atom. The largest absolute Gasteiger partial charge is 0.480 e. The lowest BCUT2D eigenvalue weighted by atomic mass is 10.4. The molecule has 0 radical (unpaired) electrons. The van der Waals surface area contributed by atoms with Crippen molar-refractivity contribution >= 4 is 23.3 Å². The molecule has 6 heteroatoms. The van der Waals surface area contributed by atoms with Gasteiger partial charge < -0.3 is 4.74 Å². The molecule has 1 atom stereocenters. The standard InChI is InChI=1S/C9H10ClN3O2/c1-15-8-4-11-7(3-12-8)13-5-6(10)2-9(13)14/h3-4,6H,2,5H2,1H3. The predicted octanol–water partition coefficient (Wildman–Crippen LogP) is 0.829. The number of carbonyl (C=O) groups excluding carboxylic acids is 1. The van der Waals surface area contributed by atoms with Gasteiger partial charge in [-0.05, 0) is 0 Å². The number of alkyl halides is 1. The Kier molecular flexibility index (Phi) is 2.73. The van der Waals surface area contributed by atoms with E-state index in [1.807, 2.05) is 0 Å². The van der Waals surface area contributed by atoms with Gasteiger partial charge in [-0.2, -0.15) is 0 Å². The van der Waals surface area contributed by atoms with Gasteiger partial charge in [0, 0.05) is 13.0 Å². The van der Waals surface area contributed by atoms with Gasteiger partial charge in [0.25, 0.3) is 0 Å². The van der Waals surface area contributed by atoms with Crippen molar-refractivity contribution in [3.05, 3.63) is 12.4 Å². The average Bonchev–Trinajstić information content (AvgIpc) is 2.58. The summed E-state index contributed by atoms with van der Waals surface area (Å²) in [5.41, 5.74) is 0. The van der Waals surface area contributed by atoms with E-state index in [9.17, 15) is 4.79 Å². The van der Waals surface area contributed by atoms with Crippen LogP contribution in [0.25, 0.3) is 0 Å². The van der Waals surface area contributed by atoms with Gasteiger partial charge in [0.05, 0.1) is 24.9 Å². The summed E-state index contributed by atoms with van der Waals surface area (Å²) < 4.78 is 4.88. The van der Waals surface area contributed by atoms with Crippen molar-refractivity contribution < 1.29 is 9.53 Å². The Morgan fingerprint density at radius 1 is 1.53 bits per heavy atom. The summed E-state index contributed by atoms with van der Waals surface area (Å²) in [5, 5.41) is -0.138. The molecule has 0 bridgehead atoms. The second-order valence-electron chi connectivity index (χ2n) is 3.22. The molecule has 2 rings (SSSR count). The van der Waals surface area contributed by atoms with Crippen LogP contribution < -0.4 is 9.64 Å². The van der Waals surface area contributed by atoms with Gasteiger partial charge in [-0.25, -0.2) is 9.97 Å². The van der Waals surface area contributed by atoms with E-state index in [0.717, 1.165) is 0 Å². The first-order valence-electron chi connectivity index (χ1n) is 4.51. The molecule has 1 aliphatic heterocycles. The predicted molar refractivity (Wildman–Crippen MR) is 55.2 cm³/mol. The van der Waals surface area contributed by atoms with Crippen LogP contribution in [0, 0.1) is 0 Å². The number of rotatable bonds is 2. The highest BCUT2D eigenvalue weighted by molar-refractivity contribution is 6.24. The van der Waals surface area contributed by atoms with Crippen LogP contribution in [0.5, 0.6) is 5.88 Å². The van der Waals surface area contributed by atoms with Crippen molar-refractivity contribution in [3.8, 4) is 5.88 Å². The highest BCUT2D eigenvalue weighted by Crippen LogP contribution is 2.22. The summed E-state index contributed by atoms with van der Waals surface area (Å²) in [6.45, 7) is 0.487. The average molecular weight is 228 g/mol. The number of amides is 1. The molecule has 1 aromatic heterocycles. The minimum Gasteiger partial charge on any atom is -0.480 e. The Balaban J connectivity index is 2.19. The highest BCUT2D eigenvalue weighted by Gasteiger charge is 2.30. The molecule has 0 aliphatic carbocycles. The molecular weight excluding hydrogens is 218 g/mol. The third-order valence-corrected chi connectivity index (χ3v) is 2.47. The maximum absolute atomic E-state index is 11.5. The highest BCUT2D eigenvalue weighted by atomic mass is 35.5. The molecule has 1 unspecified atom stereocenters. The number of halogens is 1. The first-order valence-corrected chi connectivity index (χ1v) is 4.95. The van der Waals surface area contributed by atoms with Gasteiger partial charge in [0.2, 0.25) is 11.8 Å². The smallest absolute Gasteiger partial charge is 0.232 e. The van der Waals surface area contributed by atoms with Crippen molar-refractivity contribution in [1.29, 1.82) is 0 Å². The zero-order chi connectivity index (χ0) is 10.8. The first kappa shape index (κ1) is 10.2. The molecule has 0 spiro atoms. The summed E-state index contributed by atoms with van der Waals surface area (Å²) in [7, 11) is 1.51. The van der Waals surface area contributed by atoms with E-state index < -0.39 is 0 Å². The van der Waals surface area contributed by atoms with Gasteiger partial charge >= 0.3 is 0 Å². The fourth-order valence-corrected chi connectivity index (χ4v) is 1.71. The zero-order valence-electron chi connectivity index (χ0n) is 8.18. The number of ether oxygens (including phenoxy) is 1. The minimum absolute atomic E-state index is 0.0190. The van der Waals surface area contributed by atoms with Gasteiger partial charge in [0.15, 0.2) is 5.82 Å². The topological polar surface area (TPSA) is 55.3 Å². The lowest BCUT2D eigenvalue weighted by Gasteiger charge is -2.13. The molecule has 2 heterocycles. The molecule has 1 fully saturated rings. The monoisotopic (exact) mass is 227 g/mol. The Labute approximate surface area is 92.0 Å². The number of nitrogens with zero attached hydrogens (tertiary/aromatic N) is 3. The zero-order valence-corrected chi connectivity index (χ0v) is 8.94. The Bertz CT molecular complexity index is 368. The first-order chi connectivity index (χ1) is 7.20. The quantitative estimate of drug-likeness (QED) is 0.703. The van der Waals surface area contributed by atoms with Crippen molar-refractivity contribution in [2.75, 3.05) is 18.6 Å².